The van der Waals surface area contributed by atoms with E-state index in [4.69, 9.17) is 10.2 Å². The highest BCUT2D eigenvalue weighted by atomic mass is 16.3. The second kappa shape index (κ2) is 8.77. The predicted molar refractivity (Wildman–Crippen MR) is 89.1 cm³/mol. The van der Waals surface area contributed by atoms with Crippen LogP contribution in [0.15, 0.2) is 24.3 Å². The molecular weight excluding hydrogens is 310 g/mol. The Bertz CT molecular complexity index is 575. The standard InChI is InChI=1S/C17H25N3O4/c1-12-4-2-3-5-13(12)9-20-7-6-18-17(24)15(20)8-16(23)19-14(10-21)11-22/h2-5,14-15,21-22H,6-11H2,1H3,(H,18,24)(H,19,23)/t15-/m0/s1. The van der Waals surface area contributed by atoms with Crippen molar-refractivity contribution in [3.63, 3.8) is 0 Å². The topological polar surface area (TPSA) is 102 Å². The molecule has 1 atom stereocenters. The highest BCUT2D eigenvalue weighted by Crippen LogP contribution is 2.16. The van der Waals surface area contributed by atoms with Crippen LogP contribution in [0, 0.1) is 6.92 Å². The Morgan fingerprint density at radius 2 is 2.08 bits per heavy atom. The molecule has 132 valence electrons. The number of nitrogens with one attached hydrogen (secondary N) is 2. The van der Waals surface area contributed by atoms with Crippen molar-refractivity contribution < 1.29 is 19.8 Å². The fourth-order valence-electron chi connectivity index (χ4n) is 2.79. The lowest BCUT2D eigenvalue weighted by Crippen LogP contribution is -2.56. The molecule has 2 amide bonds. The molecule has 0 unspecified atom stereocenters. The van der Waals surface area contributed by atoms with E-state index in [0.29, 0.717) is 19.6 Å². The Labute approximate surface area is 141 Å². The number of aliphatic hydroxyl groups is 2. The summed E-state index contributed by atoms with van der Waals surface area (Å²) in [5.41, 5.74) is 2.27. The minimum atomic E-state index is -0.700. The van der Waals surface area contributed by atoms with Gasteiger partial charge in [0.15, 0.2) is 0 Å². The van der Waals surface area contributed by atoms with E-state index in [-0.39, 0.29) is 31.4 Å². The largest absolute Gasteiger partial charge is 0.394 e. The first-order chi connectivity index (χ1) is 11.5. The van der Waals surface area contributed by atoms with Gasteiger partial charge >= 0.3 is 0 Å². The summed E-state index contributed by atoms with van der Waals surface area (Å²) in [6, 6.07) is 6.71. The summed E-state index contributed by atoms with van der Waals surface area (Å²) in [4.78, 5) is 26.3. The molecule has 0 aromatic heterocycles. The minimum Gasteiger partial charge on any atom is -0.394 e. The van der Waals surface area contributed by atoms with E-state index >= 15 is 0 Å². The third-order valence-corrected chi connectivity index (χ3v) is 4.26. The van der Waals surface area contributed by atoms with E-state index in [1.165, 1.54) is 0 Å². The van der Waals surface area contributed by atoms with Gasteiger partial charge in [0, 0.05) is 19.6 Å². The molecule has 0 bridgehead atoms. The zero-order valence-electron chi connectivity index (χ0n) is 13.9. The van der Waals surface area contributed by atoms with Crippen LogP contribution in [0.5, 0.6) is 0 Å². The summed E-state index contributed by atoms with van der Waals surface area (Å²) in [6.07, 6.45) is -0.00574. The van der Waals surface area contributed by atoms with Crippen LogP contribution in [-0.4, -0.2) is 65.3 Å². The Morgan fingerprint density at radius 1 is 1.38 bits per heavy atom. The number of hydrogen-bond donors (Lipinski definition) is 4. The van der Waals surface area contributed by atoms with E-state index < -0.39 is 12.1 Å². The highest BCUT2D eigenvalue weighted by Gasteiger charge is 2.32. The van der Waals surface area contributed by atoms with Crippen LogP contribution in [0.2, 0.25) is 0 Å². The average molecular weight is 335 g/mol. The van der Waals surface area contributed by atoms with Crippen LogP contribution < -0.4 is 10.6 Å². The number of benzene rings is 1. The zero-order chi connectivity index (χ0) is 17.5. The molecule has 7 heteroatoms. The van der Waals surface area contributed by atoms with Gasteiger partial charge in [-0.2, -0.15) is 0 Å². The SMILES string of the molecule is Cc1ccccc1CN1CCNC(=O)[C@@H]1CC(=O)NC(CO)CO. The summed E-state index contributed by atoms with van der Waals surface area (Å²) in [5, 5.41) is 23.4. The maximum Gasteiger partial charge on any atom is 0.237 e. The fraction of sp³-hybridized carbons (Fsp3) is 0.529. The third-order valence-electron chi connectivity index (χ3n) is 4.26. The molecule has 1 fully saturated rings. The number of rotatable bonds is 7. The number of carbonyl (C=O) groups excluding carboxylic acids is 2. The monoisotopic (exact) mass is 335 g/mol. The first-order valence-corrected chi connectivity index (χ1v) is 8.12. The Hall–Kier alpha value is -1.96. The zero-order valence-corrected chi connectivity index (χ0v) is 13.9. The molecule has 1 heterocycles. The number of hydrogen-bond acceptors (Lipinski definition) is 5. The Kier molecular flexibility index (Phi) is 6.72. The van der Waals surface area contributed by atoms with Gasteiger partial charge in [-0.15, -0.1) is 0 Å². The molecule has 2 rings (SSSR count). The van der Waals surface area contributed by atoms with Gasteiger partial charge in [-0.25, -0.2) is 0 Å². The van der Waals surface area contributed by atoms with Gasteiger partial charge in [-0.3, -0.25) is 14.5 Å². The summed E-state index contributed by atoms with van der Waals surface area (Å²) < 4.78 is 0. The molecule has 0 saturated carbocycles. The van der Waals surface area contributed by atoms with Gasteiger partial charge in [0.1, 0.15) is 0 Å². The predicted octanol–water partition coefficient (Wildman–Crippen LogP) is -0.845. The van der Waals surface area contributed by atoms with E-state index in [1.807, 2.05) is 36.1 Å². The van der Waals surface area contributed by atoms with Crippen LogP contribution >= 0.6 is 0 Å². The molecular formula is C17H25N3O4. The van der Waals surface area contributed by atoms with E-state index in [0.717, 1.165) is 11.1 Å². The van der Waals surface area contributed by atoms with Crippen LogP contribution in [0.1, 0.15) is 17.5 Å². The van der Waals surface area contributed by atoms with Gasteiger partial charge in [0.25, 0.3) is 0 Å². The number of nitrogens with zero attached hydrogens (tertiary/aromatic N) is 1. The van der Waals surface area contributed by atoms with Crippen molar-refractivity contribution in [1.29, 1.82) is 0 Å². The molecule has 0 aliphatic carbocycles. The molecule has 24 heavy (non-hydrogen) atoms. The van der Waals surface area contributed by atoms with Crippen LogP contribution in [0.4, 0.5) is 0 Å². The lowest BCUT2D eigenvalue weighted by molar-refractivity contribution is -0.134. The van der Waals surface area contributed by atoms with Crippen molar-refractivity contribution in [1.82, 2.24) is 15.5 Å². The van der Waals surface area contributed by atoms with Crippen LogP contribution in [-0.2, 0) is 16.1 Å². The van der Waals surface area contributed by atoms with Crippen molar-refractivity contribution in [3.05, 3.63) is 35.4 Å². The van der Waals surface area contributed by atoms with Gasteiger partial charge in [0.2, 0.25) is 11.8 Å². The molecule has 1 aromatic rings. The number of aliphatic hydroxyl groups excluding tert-OH is 2. The maximum atomic E-state index is 12.2. The molecule has 7 nitrogen and oxygen atoms in total. The maximum absolute atomic E-state index is 12.2. The summed E-state index contributed by atoms with van der Waals surface area (Å²) in [6.45, 7) is 3.16. The third kappa shape index (κ3) is 4.77. The highest BCUT2D eigenvalue weighted by molar-refractivity contribution is 5.88. The van der Waals surface area contributed by atoms with Crippen molar-refractivity contribution in [2.45, 2.75) is 32.0 Å². The number of carbonyl (C=O) groups is 2. The van der Waals surface area contributed by atoms with Crippen molar-refractivity contribution >= 4 is 11.8 Å². The average Bonchev–Trinajstić information content (AvgIpc) is 2.57. The molecule has 4 N–H and O–H groups in total. The lowest BCUT2D eigenvalue weighted by Gasteiger charge is -2.35. The Morgan fingerprint density at radius 3 is 2.75 bits per heavy atom. The molecule has 1 aromatic carbocycles. The first kappa shape index (κ1) is 18.4. The second-order valence-electron chi connectivity index (χ2n) is 6.04. The van der Waals surface area contributed by atoms with Gasteiger partial charge in [-0.1, -0.05) is 24.3 Å². The molecule has 0 radical (unpaired) electrons. The number of piperazine rings is 1. The van der Waals surface area contributed by atoms with Crippen molar-refractivity contribution in [2.24, 2.45) is 0 Å². The van der Waals surface area contributed by atoms with E-state index in [1.54, 1.807) is 0 Å². The molecule has 0 spiro atoms. The second-order valence-corrected chi connectivity index (χ2v) is 6.04. The first-order valence-electron chi connectivity index (χ1n) is 8.12. The van der Waals surface area contributed by atoms with Crippen LogP contribution in [0.25, 0.3) is 0 Å². The van der Waals surface area contributed by atoms with Crippen molar-refractivity contribution in [2.75, 3.05) is 26.3 Å². The van der Waals surface area contributed by atoms with Crippen LogP contribution in [0.3, 0.4) is 0 Å². The number of amides is 2. The van der Waals surface area contributed by atoms with E-state index in [2.05, 4.69) is 10.6 Å². The van der Waals surface area contributed by atoms with Gasteiger partial charge in [-0.05, 0) is 18.1 Å². The van der Waals surface area contributed by atoms with Crippen molar-refractivity contribution in [3.8, 4) is 0 Å². The fourth-order valence-corrected chi connectivity index (χ4v) is 2.79. The van der Waals surface area contributed by atoms with E-state index in [9.17, 15) is 9.59 Å². The normalized spacial score (nSPS) is 18.5. The summed E-state index contributed by atoms with van der Waals surface area (Å²) in [7, 11) is 0. The van der Waals surface area contributed by atoms with Gasteiger partial charge in [0.05, 0.1) is 31.7 Å². The lowest BCUT2D eigenvalue weighted by atomic mass is 10.0. The molecule has 1 saturated heterocycles. The molecule has 1 aliphatic heterocycles. The Balaban J connectivity index is 2.04. The summed E-state index contributed by atoms with van der Waals surface area (Å²) in [5.74, 6) is -0.533. The number of aryl methyl sites for hydroxylation is 1. The smallest absolute Gasteiger partial charge is 0.237 e. The summed E-state index contributed by atoms with van der Waals surface area (Å²) >= 11 is 0. The van der Waals surface area contributed by atoms with Gasteiger partial charge < -0.3 is 20.8 Å². The minimum absolute atomic E-state index is 0.00574. The quantitative estimate of drug-likeness (QED) is 0.520. The molecule has 1 aliphatic rings.